The van der Waals surface area contributed by atoms with Crippen LogP contribution in [-0.4, -0.2) is 54.6 Å². The minimum absolute atomic E-state index is 0.272. The predicted molar refractivity (Wildman–Crippen MR) is 67.7 cm³/mol. The quantitative estimate of drug-likeness (QED) is 0.806. The molecule has 6 atom stereocenters. The molecule has 1 aromatic rings. The summed E-state index contributed by atoms with van der Waals surface area (Å²) in [5.74, 6) is 0. The molecular weight excluding hydrogens is 264 g/mol. The third-order valence-corrected chi connectivity index (χ3v) is 3.64. The molecule has 3 rings (SSSR count). The lowest BCUT2D eigenvalue weighted by Gasteiger charge is -2.45. The summed E-state index contributed by atoms with van der Waals surface area (Å²) in [6.45, 7) is 0.272. The van der Waals surface area contributed by atoms with Gasteiger partial charge in [-0.2, -0.15) is 0 Å². The zero-order valence-corrected chi connectivity index (χ0v) is 11.1. The van der Waals surface area contributed by atoms with E-state index >= 15 is 0 Å². The Kier molecular flexibility index (Phi) is 4.02. The van der Waals surface area contributed by atoms with Crippen molar-refractivity contribution >= 4 is 0 Å². The van der Waals surface area contributed by atoms with Gasteiger partial charge in [0.05, 0.1) is 6.61 Å². The van der Waals surface area contributed by atoms with Gasteiger partial charge < -0.3 is 29.2 Å². The summed E-state index contributed by atoms with van der Waals surface area (Å²) in [5, 5.41) is 20.1. The average Bonchev–Trinajstić information content (AvgIpc) is 2.51. The fourth-order valence-corrected chi connectivity index (χ4v) is 2.55. The number of aliphatic hydroxyl groups is 2. The van der Waals surface area contributed by atoms with E-state index in [9.17, 15) is 10.2 Å². The normalized spacial score (nSPS) is 41.1. The summed E-state index contributed by atoms with van der Waals surface area (Å²) < 4.78 is 21.9. The van der Waals surface area contributed by atoms with E-state index in [2.05, 4.69) is 0 Å². The van der Waals surface area contributed by atoms with E-state index in [4.69, 9.17) is 18.9 Å². The van der Waals surface area contributed by atoms with Crippen molar-refractivity contribution in [3.8, 4) is 0 Å². The highest BCUT2D eigenvalue weighted by Crippen LogP contribution is 2.33. The van der Waals surface area contributed by atoms with Crippen molar-refractivity contribution in [3.63, 3.8) is 0 Å². The fraction of sp³-hybridized carbons (Fsp3) is 0.571. The van der Waals surface area contributed by atoms with Gasteiger partial charge in [0.25, 0.3) is 0 Å². The SMILES string of the molecule is CO[C@@H]1O[C@@H]2CO[C@H](c3ccccc3)O[C@H]2[C@@H](O)[C@H]1O. The Balaban J connectivity index is 1.74. The lowest BCUT2D eigenvalue weighted by Crippen LogP contribution is -2.62. The molecule has 0 saturated carbocycles. The van der Waals surface area contributed by atoms with Gasteiger partial charge in [0.15, 0.2) is 12.6 Å². The standard InChI is InChI=1S/C14H18O6/c1-17-14-11(16)10(15)12-9(19-14)7-18-13(20-12)8-5-3-2-4-6-8/h2-6,9-16H,7H2,1H3/t9-,10+,11-,12-,13+,14-/m1/s1. The van der Waals surface area contributed by atoms with Crippen molar-refractivity contribution in [1.29, 1.82) is 0 Å². The molecule has 0 bridgehead atoms. The predicted octanol–water partition coefficient (Wildman–Crippen LogP) is 0.194. The first-order valence-electron chi connectivity index (χ1n) is 6.57. The first kappa shape index (κ1) is 13.9. The van der Waals surface area contributed by atoms with E-state index in [1.54, 1.807) is 0 Å². The maximum absolute atomic E-state index is 10.1. The van der Waals surface area contributed by atoms with Crippen LogP contribution in [0.25, 0.3) is 0 Å². The highest BCUT2D eigenvalue weighted by atomic mass is 16.7. The number of benzene rings is 1. The van der Waals surface area contributed by atoms with Crippen LogP contribution < -0.4 is 0 Å². The Morgan fingerprint density at radius 3 is 2.55 bits per heavy atom. The van der Waals surface area contributed by atoms with Gasteiger partial charge in [0, 0.05) is 12.7 Å². The smallest absolute Gasteiger partial charge is 0.186 e. The third kappa shape index (κ3) is 2.46. The minimum atomic E-state index is -1.14. The minimum Gasteiger partial charge on any atom is -0.387 e. The first-order valence-corrected chi connectivity index (χ1v) is 6.57. The van der Waals surface area contributed by atoms with Gasteiger partial charge in [0.2, 0.25) is 0 Å². The molecule has 6 nitrogen and oxygen atoms in total. The third-order valence-electron chi connectivity index (χ3n) is 3.64. The van der Waals surface area contributed by atoms with Gasteiger partial charge in [-0.1, -0.05) is 30.3 Å². The highest BCUT2D eigenvalue weighted by Gasteiger charge is 2.48. The molecule has 0 unspecified atom stereocenters. The molecule has 2 N–H and O–H groups in total. The summed E-state index contributed by atoms with van der Waals surface area (Å²) in [6.07, 6.45) is -4.76. The van der Waals surface area contributed by atoms with Gasteiger partial charge in [-0.3, -0.25) is 0 Å². The van der Waals surface area contributed by atoms with Crippen LogP contribution in [0, 0.1) is 0 Å². The molecule has 0 spiro atoms. The van der Waals surface area contributed by atoms with Gasteiger partial charge in [-0.15, -0.1) is 0 Å². The van der Waals surface area contributed by atoms with Gasteiger partial charge in [0.1, 0.15) is 24.4 Å². The van der Waals surface area contributed by atoms with Crippen LogP contribution in [0.15, 0.2) is 30.3 Å². The first-order chi connectivity index (χ1) is 9.70. The van der Waals surface area contributed by atoms with Crippen LogP contribution in [0.5, 0.6) is 0 Å². The number of ether oxygens (including phenoxy) is 4. The summed E-state index contributed by atoms with van der Waals surface area (Å²) in [7, 11) is 1.41. The van der Waals surface area contributed by atoms with E-state index in [1.807, 2.05) is 30.3 Å². The van der Waals surface area contributed by atoms with Crippen LogP contribution in [0.2, 0.25) is 0 Å². The number of rotatable bonds is 2. The second-order valence-electron chi connectivity index (χ2n) is 4.94. The number of hydrogen-bond acceptors (Lipinski definition) is 6. The topological polar surface area (TPSA) is 77.4 Å². The van der Waals surface area contributed by atoms with Crippen LogP contribution in [0.1, 0.15) is 11.9 Å². The van der Waals surface area contributed by atoms with Crippen LogP contribution in [0.4, 0.5) is 0 Å². The van der Waals surface area contributed by atoms with E-state index in [0.717, 1.165) is 5.56 Å². The maximum Gasteiger partial charge on any atom is 0.186 e. The largest absolute Gasteiger partial charge is 0.387 e. The molecule has 0 aromatic heterocycles. The Morgan fingerprint density at radius 1 is 1.10 bits per heavy atom. The summed E-state index contributed by atoms with van der Waals surface area (Å²) in [6, 6.07) is 9.45. The Hall–Kier alpha value is -1.02. The summed E-state index contributed by atoms with van der Waals surface area (Å²) in [5.41, 5.74) is 0.863. The number of fused-ring (bicyclic) bond motifs is 1. The number of methoxy groups -OCH3 is 1. The van der Waals surface area contributed by atoms with Gasteiger partial charge in [-0.25, -0.2) is 0 Å². The molecule has 0 radical (unpaired) electrons. The average molecular weight is 282 g/mol. The van der Waals surface area contributed by atoms with Crippen LogP contribution in [0.3, 0.4) is 0 Å². The number of aliphatic hydroxyl groups excluding tert-OH is 2. The van der Waals surface area contributed by atoms with Crippen molar-refractivity contribution in [2.24, 2.45) is 0 Å². The van der Waals surface area contributed by atoms with E-state index in [-0.39, 0.29) is 6.61 Å². The molecule has 6 heteroatoms. The Labute approximate surface area is 116 Å². The van der Waals surface area contributed by atoms with Crippen molar-refractivity contribution in [2.75, 3.05) is 13.7 Å². The van der Waals surface area contributed by atoms with E-state index < -0.39 is 37.0 Å². The van der Waals surface area contributed by atoms with Gasteiger partial charge >= 0.3 is 0 Å². The number of hydrogen-bond donors (Lipinski definition) is 2. The van der Waals surface area contributed by atoms with Gasteiger partial charge in [-0.05, 0) is 0 Å². The monoisotopic (exact) mass is 282 g/mol. The van der Waals surface area contributed by atoms with E-state index in [1.165, 1.54) is 7.11 Å². The van der Waals surface area contributed by atoms with Crippen molar-refractivity contribution in [2.45, 2.75) is 37.0 Å². The molecule has 1 aromatic carbocycles. The second-order valence-corrected chi connectivity index (χ2v) is 4.94. The lowest BCUT2D eigenvalue weighted by molar-refractivity contribution is -0.358. The molecule has 2 aliphatic rings. The molecule has 110 valence electrons. The molecule has 2 heterocycles. The maximum atomic E-state index is 10.1. The Morgan fingerprint density at radius 2 is 1.85 bits per heavy atom. The molecule has 20 heavy (non-hydrogen) atoms. The zero-order chi connectivity index (χ0) is 14.1. The molecular formula is C14H18O6. The fourth-order valence-electron chi connectivity index (χ4n) is 2.55. The van der Waals surface area contributed by atoms with Crippen LogP contribution >= 0.6 is 0 Å². The van der Waals surface area contributed by atoms with E-state index in [0.29, 0.717) is 0 Å². The molecule has 2 saturated heterocycles. The lowest BCUT2D eigenvalue weighted by atomic mass is 9.98. The Bertz CT molecular complexity index is 437. The van der Waals surface area contributed by atoms with Crippen molar-refractivity contribution in [1.82, 2.24) is 0 Å². The van der Waals surface area contributed by atoms with Crippen molar-refractivity contribution < 1.29 is 29.2 Å². The van der Waals surface area contributed by atoms with Crippen molar-refractivity contribution in [3.05, 3.63) is 35.9 Å². The molecule has 2 fully saturated rings. The highest BCUT2D eigenvalue weighted by molar-refractivity contribution is 5.16. The zero-order valence-electron chi connectivity index (χ0n) is 11.1. The summed E-state index contributed by atoms with van der Waals surface area (Å²) >= 11 is 0. The second kappa shape index (κ2) is 5.77. The van der Waals surface area contributed by atoms with Crippen LogP contribution in [-0.2, 0) is 18.9 Å². The summed E-state index contributed by atoms with van der Waals surface area (Å²) in [4.78, 5) is 0. The molecule has 0 aliphatic carbocycles. The molecule has 2 aliphatic heterocycles. The molecule has 0 amide bonds.